The molecular weight excluding hydrogens is 728 g/mol. The van der Waals surface area contributed by atoms with Gasteiger partial charge in [0.2, 0.25) is 6.79 Å². The zero-order chi connectivity index (χ0) is 37.8. The van der Waals surface area contributed by atoms with Crippen molar-refractivity contribution in [3.05, 3.63) is 126 Å². The predicted molar refractivity (Wildman–Crippen MR) is 219 cm³/mol. The average molecular weight is 773 g/mol. The number of carbonyl (C=O) groups excluding carboxylic acids is 2. The number of nitrogens with zero attached hydrogens (tertiary/aromatic N) is 6. The lowest BCUT2D eigenvalue weighted by atomic mass is 9.92. The minimum atomic E-state index is -0.253. The van der Waals surface area contributed by atoms with E-state index in [-0.39, 0.29) is 42.8 Å². The SMILES string of the molecule is CN1CCN(C[C@@H]2Cc3ccccc3CN2C(=O)c2cc3c(cc2-c2cc(C(=O)N(c4ccc(O)cc4)c4ccc5c(ccn5C)c4)cn2C)OCO3)CC1.Cl. The summed E-state index contributed by atoms with van der Waals surface area (Å²) in [5.74, 6) is 0.856. The van der Waals surface area contributed by atoms with Gasteiger partial charge < -0.3 is 33.5 Å². The monoisotopic (exact) mass is 772 g/mol. The molecule has 0 saturated carbocycles. The maximum absolute atomic E-state index is 15.1. The number of piperazine rings is 1. The normalized spacial score (nSPS) is 16.8. The van der Waals surface area contributed by atoms with Crippen LogP contribution < -0.4 is 14.4 Å². The molecule has 288 valence electrons. The Hall–Kier alpha value is -5.75. The molecule has 1 N–H and O–H groups in total. The molecule has 3 aliphatic heterocycles. The largest absolute Gasteiger partial charge is 0.508 e. The van der Waals surface area contributed by atoms with Crippen LogP contribution in [0.4, 0.5) is 11.4 Å². The summed E-state index contributed by atoms with van der Waals surface area (Å²) < 4.78 is 15.6. The Bertz CT molecular complexity index is 2430. The topological polar surface area (TPSA) is 95.7 Å². The second kappa shape index (κ2) is 15.1. The van der Waals surface area contributed by atoms with Gasteiger partial charge >= 0.3 is 0 Å². The van der Waals surface area contributed by atoms with Crippen LogP contribution in [0.15, 0.2) is 103 Å². The average Bonchev–Trinajstić information content (AvgIpc) is 3.93. The number of ether oxygens (including phenoxy) is 2. The molecule has 11 nitrogen and oxygen atoms in total. The fourth-order valence-electron chi connectivity index (χ4n) is 8.27. The minimum Gasteiger partial charge on any atom is -0.508 e. The number of aromatic nitrogens is 2. The van der Waals surface area contributed by atoms with E-state index in [1.54, 1.807) is 41.4 Å². The Kier molecular flexibility index (Phi) is 10.0. The van der Waals surface area contributed by atoms with Gasteiger partial charge in [-0.1, -0.05) is 24.3 Å². The third-order valence-electron chi connectivity index (χ3n) is 11.4. The molecule has 0 bridgehead atoms. The van der Waals surface area contributed by atoms with Crippen molar-refractivity contribution >= 4 is 46.5 Å². The number of hydrogen-bond donors (Lipinski definition) is 1. The van der Waals surface area contributed by atoms with Gasteiger partial charge in [0.05, 0.1) is 11.1 Å². The third kappa shape index (κ3) is 6.87. The fraction of sp³-hybridized carbons (Fsp3) is 0.273. The number of rotatable bonds is 7. The van der Waals surface area contributed by atoms with Gasteiger partial charge in [0.15, 0.2) is 11.5 Å². The molecule has 3 aliphatic rings. The molecule has 56 heavy (non-hydrogen) atoms. The summed E-state index contributed by atoms with van der Waals surface area (Å²) in [7, 11) is 6.03. The molecule has 6 aromatic rings. The van der Waals surface area contributed by atoms with Gasteiger partial charge in [-0.2, -0.15) is 0 Å². The van der Waals surface area contributed by atoms with Gasteiger partial charge in [-0.3, -0.25) is 19.4 Å². The van der Waals surface area contributed by atoms with Gasteiger partial charge in [0.1, 0.15) is 5.75 Å². The number of phenols is 1. The number of halogens is 1. The standard InChI is InChI=1S/C44H44N6O5.ClH/c1-45-16-18-48(19-17-45)27-35-20-29-6-4-5-7-31(29)26-49(35)44(53)38-24-42-41(54-28-55-42)23-37(38)40-22-32(25-47(40)3)43(52)50(33-8-11-36(51)12-9-33)34-10-13-39-30(21-34)14-15-46(39)2;/h4-15,21-25,35,51H,16-20,26-28H2,1-3H3;1H/t35-;/m0./s1. The summed E-state index contributed by atoms with van der Waals surface area (Å²) in [5.41, 5.74) is 7.08. The van der Waals surface area contributed by atoms with Crippen LogP contribution in [0.5, 0.6) is 17.2 Å². The van der Waals surface area contributed by atoms with Gasteiger partial charge in [0.25, 0.3) is 11.8 Å². The lowest BCUT2D eigenvalue weighted by molar-refractivity contribution is 0.0536. The van der Waals surface area contributed by atoms with Gasteiger partial charge in [0, 0.05) is 105 Å². The number of benzene rings is 4. The van der Waals surface area contributed by atoms with E-state index in [1.165, 1.54) is 5.56 Å². The first kappa shape index (κ1) is 37.2. The summed E-state index contributed by atoms with van der Waals surface area (Å²) in [6, 6.07) is 28.5. The summed E-state index contributed by atoms with van der Waals surface area (Å²) in [4.78, 5) is 38.3. The van der Waals surface area contributed by atoms with Gasteiger partial charge in [-0.05, 0) is 91.3 Å². The van der Waals surface area contributed by atoms with E-state index in [0.717, 1.165) is 55.6 Å². The Balaban J connectivity index is 0.00000441. The number of fused-ring (bicyclic) bond motifs is 3. The number of hydrogen-bond acceptors (Lipinski definition) is 7. The van der Waals surface area contributed by atoms with Crippen molar-refractivity contribution in [2.45, 2.75) is 19.0 Å². The maximum atomic E-state index is 15.1. The van der Waals surface area contributed by atoms with Crippen molar-refractivity contribution in [1.82, 2.24) is 23.8 Å². The van der Waals surface area contributed by atoms with E-state index in [2.05, 4.69) is 35.0 Å². The van der Waals surface area contributed by atoms with E-state index >= 15 is 4.79 Å². The fourth-order valence-corrected chi connectivity index (χ4v) is 8.27. The lowest BCUT2D eigenvalue weighted by Crippen LogP contribution is -2.53. The first-order valence-electron chi connectivity index (χ1n) is 18.8. The highest BCUT2D eigenvalue weighted by Crippen LogP contribution is 2.41. The number of phenolic OH excluding ortho intramolecular Hbond substituents is 1. The zero-order valence-corrected chi connectivity index (χ0v) is 32.5. The molecule has 0 unspecified atom stereocenters. The summed E-state index contributed by atoms with van der Waals surface area (Å²) >= 11 is 0. The summed E-state index contributed by atoms with van der Waals surface area (Å²) in [6.07, 6.45) is 4.57. The number of likely N-dealkylation sites (N-methyl/N-ethyl adjacent to an activating group) is 1. The first-order valence-corrected chi connectivity index (χ1v) is 18.8. The van der Waals surface area contributed by atoms with Crippen molar-refractivity contribution in [3.8, 4) is 28.5 Å². The molecule has 5 heterocycles. The van der Waals surface area contributed by atoms with E-state index in [1.807, 2.05) is 76.8 Å². The number of aromatic hydroxyl groups is 1. The molecule has 0 aliphatic carbocycles. The molecule has 4 aromatic carbocycles. The molecule has 1 fully saturated rings. The van der Waals surface area contributed by atoms with Gasteiger partial charge in [-0.15, -0.1) is 12.4 Å². The molecule has 1 atom stereocenters. The minimum absolute atomic E-state index is 0. The van der Waals surface area contributed by atoms with Crippen LogP contribution in [-0.2, 0) is 27.1 Å². The molecule has 0 radical (unpaired) electrons. The smallest absolute Gasteiger partial charge is 0.264 e. The van der Waals surface area contributed by atoms with Crippen molar-refractivity contribution < 1.29 is 24.2 Å². The van der Waals surface area contributed by atoms with Crippen LogP contribution in [0.1, 0.15) is 31.8 Å². The highest BCUT2D eigenvalue weighted by atomic mass is 35.5. The molecule has 1 saturated heterocycles. The van der Waals surface area contributed by atoms with Crippen LogP contribution in [0.25, 0.3) is 22.2 Å². The predicted octanol–water partition coefficient (Wildman–Crippen LogP) is 6.83. The molecule has 12 heteroatoms. The molecule has 9 rings (SSSR count). The van der Waals surface area contributed by atoms with E-state index < -0.39 is 0 Å². The van der Waals surface area contributed by atoms with Crippen LogP contribution in [0.2, 0.25) is 0 Å². The number of carbonyl (C=O) groups is 2. The molecule has 2 aromatic heterocycles. The second-order valence-electron chi connectivity index (χ2n) is 15.0. The maximum Gasteiger partial charge on any atom is 0.264 e. The van der Waals surface area contributed by atoms with E-state index in [9.17, 15) is 9.90 Å². The van der Waals surface area contributed by atoms with Crippen LogP contribution in [0.3, 0.4) is 0 Å². The van der Waals surface area contributed by atoms with Crippen molar-refractivity contribution in [2.24, 2.45) is 14.1 Å². The second-order valence-corrected chi connectivity index (χ2v) is 15.0. The summed E-state index contributed by atoms with van der Waals surface area (Å²) in [5, 5.41) is 11.1. The number of aryl methyl sites for hydroxylation is 2. The quantitative estimate of drug-likeness (QED) is 0.190. The van der Waals surface area contributed by atoms with Crippen molar-refractivity contribution in [1.29, 1.82) is 0 Å². The Labute approximate surface area is 332 Å². The number of anilines is 2. The van der Waals surface area contributed by atoms with Crippen LogP contribution in [-0.4, -0.2) is 93.4 Å². The third-order valence-corrected chi connectivity index (χ3v) is 11.4. The molecule has 2 amide bonds. The van der Waals surface area contributed by atoms with E-state index in [4.69, 9.17) is 9.47 Å². The van der Waals surface area contributed by atoms with Crippen LogP contribution in [0, 0.1) is 0 Å². The Morgan fingerprint density at radius 3 is 2.29 bits per heavy atom. The first-order chi connectivity index (χ1) is 26.7. The van der Waals surface area contributed by atoms with Crippen molar-refractivity contribution in [2.75, 3.05) is 51.5 Å². The Morgan fingerprint density at radius 1 is 0.804 bits per heavy atom. The highest BCUT2D eigenvalue weighted by Gasteiger charge is 2.35. The summed E-state index contributed by atoms with van der Waals surface area (Å²) in [6.45, 7) is 5.30. The lowest BCUT2D eigenvalue weighted by Gasteiger charge is -2.41. The molecular formula is C44H45ClN6O5. The molecule has 0 spiro atoms. The van der Waals surface area contributed by atoms with Gasteiger partial charge in [-0.25, -0.2) is 0 Å². The van der Waals surface area contributed by atoms with Crippen molar-refractivity contribution in [3.63, 3.8) is 0 Å². The zero-order valence-electron chi connectivity index (χ0n) is 31.7. The van der Waals surface area contributed by atoms with Crippen LogP contribution >= 0.6 is 12.4 Å². The number of amides is 2. The van der Waals surface area contributed by atoms with E-state index in [0.29, 0.717) is 51.8 Å². The Morgan fingerprint density at radius 2 is 1.52 bits per heavy atom. The highest BCUT2D eigenvalue weighted by molar-refractivity contribution is 6.12.